The van der Waals surface area contributed by atoms with Gasteiger partial charge in [-0.25, -0.2) is 0 Å². The van der Waals surface area contributed by atoms with Crippen molar-refractivity contribution in [2.75, 3.05) is 11.9 Å². The van der Waals surface area contributed by atoms with Crippen molar-refractivity contribution in [2.45, 2.75) is 26.2 Å². The highest BCUT2D eigenvalue weighted by molar-refractivity contribution is 6.30. The van der Waals surface area contributed by atoms with Gasteiger partial charge in [0, 0.05) is 17.3 Å². The molecule has 1 N–H and O–H groups in total. The highest BCUT2D eigenvalue weighted by atomic mass is 35.5. The van der Waals surface area contributed by atoms with Crippen molar-refractivity contribution in [3.8, 4) is 6.07 Å². The van der Waals surface area contributed by atoms with Gasteiger partial charge in [-0.1, -0.05) is 24.1 Å². The van der Waals surface area contributed by atoms with E-state index in [1.54, 1.807) is 0 Å². The first-order chi connectivity index (χ1) is 7.65. The van der Waals surface area contributed by atoms with E-state index in [4.69, 9.17) is 16.9 Å². The maximum absolute atomic E-state index is 9.12. The van der Waals surface area contributed by atoms with Crippen LogP contribution in [0.5, 0.6) is 0 Å². The number of nitrogens with zero attached hydrogens (tertiary/aromatic N) is 1. The molecular formula is C13H15ClN2. The fourth-order valence-corrected chi connectivity index (χ4v) is 2.15. The number of hydrogen-bond donors (Lipinski definition) is 1. The fourth-order valence-electron chi connectivity index (χ4n) is 1.98. The second-order valence-electron chi connectivity index (χ2n) is 4.56. The van der Waals surface area contributed by atoms with Crippen LogP contribution < -0.4 is 5.32 Å². The average Bonchev–Trinajstić information content (AvgIpc) is 2.22. The number of nitriles is 1. The minimum Gasteiger partial charge on any atom is -0.383 e. The minimum atomic E-state index is -0.144. The zero-order chi connectivity index (χ0) is 11.6. The van der Waals surface area contributed by atoms with Gasteiger partial charge >= 0.3 is 0 Å². The molecule has 0 aromatic heterocycles. The monoisotopic (exact) mass is 234 g/mol. The van der Waals surface area contributed by atoms with Crippen LogP contribution in [0, 0.1) is 23.7 Å². The van der Waals surface area contributed by atoms with E-state index in [1.807, 2.05) is 25.1 Å². The number of nitrogens with one attached hydrogen (secondary N) is 1. The van der Waals surface area contributed by atoms with Gasteiger partial charge in [0.15, 0.2) is 0 Å². The number of halogens is 1. The van der Waals surface area contributed by atoms with Gasteiger partial charge in [-0.15, -0.1) is 0 Å². The molecule has 0 amide bonds. The lowest BCUT2D eigenvalue weighted by Gasteiger charge is -2.35. The first-order valence-corrected chi connectivity index (χ1v) is 5.94. The molecule has 0 atom stereocenters. The normalized spacial score (nSPS) is 17.3. The van der Waals surface area contributed by atoms with E-state index in [9.17, 15) is 0 Å². The van der Waals surface area contributed by atoms with Crippen LogP contribution in [0.15, 0.2) is 18.2 Å². The number of aryl methyl sites for hydroxylation is 1. The van der Waals surface area contributed by atoms with Gasteiger partial charge in [-0.2, -0.15) is 5.26 Å². The third-order valence-corrected chi connectivity index (χ3v) is 3.60. The summed E-state index contributed by atoms with van der Waals surface area (Å²) < 4.78 is 0. The number of rotatable bonds is 3. The van der Waals surface area contributed by atoms with Crippen LogP contribution in [-0.4, -0.2) is 6.54 Å². The van der Waals surface area contributed by atoms with Crippen LogP contribution in [0.4, 0.5) is 5.69 Å². The lowest BCUT2D eigenvalue weighted by atomic mass is 9.70. The van der Waals surface area contributed by atoms with E-state index in [-0.39, 0.29) is 5.41 Å². The molecule has 1 aromatic rings. The highest BCUT2D eigenvalue weighted by Gasteiger charge is 2.36. The Labute approximate surface area is 101 Å². The molecule has 0 saturated heterocycles. The van der Waals surface area contributed by atoms with E-state index in [0.717, 1.165) is 35.7 Å². The molecule has 1 aliphatic carbocycles. The Balaban J connectivity index is 2.05. The molecule has 1 fully saturated rings. The largest absolute Gasteiger partial charge is 0.383 e. The molecule has 1 aromatic carbocycles. The zero-order valence-electron chi connectivity index (χ0n) is 9.39. The zero-order valence-corrected chi connectivity index (χ0v) is 10.1. The molecule has 2 rings (SSSR count). The topological polar surface area (TPSA) is 35.8 Å². The summed E-state index contributed by atoms with van der Waals surface area (Å²) in [6, 6.07) is 8.21. The molecular weight excluding hydrogens is 220 g/mol. The molecule has 3 heteroatoms. The molecule has 1 saturated carbocycles. The van der Waals surface area contributed by atoms with E-state index >= 15 is 0 Å². The molecule has 0 unspecified atom stereocenters. The van der Waals surface area contributed by atoms with Gasteiger partial charge in [0.05, 0.1) is 11.5 Å². The smallest absolute Gasteiger partial charge is 0.0746 e. The predicted molar refractivity (Wildman–Crippen MR) is 66.6 cm³/mol. The van der Waals surface area contributed by atoms with Crippen LogP contribution in [-0.2, 0) is 0 Å². The number of anilines is 1. The van der Waals surface area contributed by atoms with Gasteiger partial charge in [-0.3, -0.25) is 0 Å². The van der Waals surface area contributed by atoms with E-state index in [2.05, 4.69) is 11.4 Å². The molecule has 1 aliphatic rings. The summed E-state index contributed by atoms with van der Waals surface area (Å²) in [5, 5.41) is 13.2. The maximum Gasteiger partial charge on any atom is 0.0746 e. The summed E-state index contributed by atoms with van der Waals surface area (Å²) in [5.74, 6) is 0. The number of hydrogen-bond acceptors (Lipinski definition) is 2. The van der Waals surface area contributed by atoms with Crippen LogP contribution in [0.2, 0.25) is 5.02 Å². The number of benzene rings is 1. The summed E-state index contributed by atoms with van der Waals surface area (Å²) in [7, 11) is 0. The molecule has 0 bridgehead atoms. The summed E-state index contributed by atoms with van der Waals surface area (Å²) in [4.78, 5) is 0. The van der Waals surface area contributed by atoms with E-state index < -0.39 is 0 Å². The Morgan fingerprint density at radius 3 is 2.81 bits per heavy atom. The van der Waals surface area contributed by atoms with Gasteiger partial charge in [0.1, 0.15) is 0 Å². The summed E-state index contributed by atoms with van der Waals surface area (Å²) in [5.41, 5.74) is 2.06. The van der Waals surface area contributed by atoms with E-state index in [1.165, 1.54) is 6.42 Å². The first-order valence-electron chi connectivity index (χ1n) is 5.56. The Hall–Kier alpha value is -1.20. The molecule has 84 valence electrons. The molecule has 0 spiro atoms. The van der Waals surface area contributed by atoms with Gasteiger partial charge in [-0.05, 0) is 37.5 Å². The molecule has 0 radical (unpaired) electrons. The van der Waals surface area contributed by atoms with Crippen molar-refractivity contribution < 1.29 is 0 Å². The van der Waals surface area contributed by atoms with Crippen molar-refractivity contribution in [1.29, 1.82) is 5.26 Å². The van der Waals surface area contributed by atoms with Crippen LogP contribution in [0.25, 0.3) is 0 Å². The summed E-state index contributed by atoms with van der Waals surface area (Å²) >= 11 is 5.94. The SMILES string of the molecule is Cc1ccc(Cl)cc1NCC1(C#N)CCC1. The minimum absolute atomic E-state index is 0.144. The average molecular weight is 235 g/mol. The van der Waals surface area contributed by atoms with Crippen molar-refractivity contribution in [3.05, 3.63) is 28.8 Å². The highest BCUT2D eigenvalue weighted by Crippen LogP contribution is 2.40. The van der Waals surface area contributed by atoms with Crippen LogP contribution in [0.1, 0.15) is 24.8 Å². The van der Waals surface area contributed by atoms with Crippen LogP contribution >= 0.6 is 11.6 Å². The van der Waals surface area contributed by atoms with Gasteiger partial charge < -0.3 is 5.32 Å². The first kappa shape index (κ1) is 11.3. The van der Waals surface area contributed by atoms with Crippen molar-refractivity contribution in [3.63, 3.8) is 0 Å². The quantitative estimate of drug-likeness (QED) is 0.865. The summed E-state index contributed by atoms with van der Waals surface area (Å²) in [6.07, 6.45) is 3.19. The predicted octanol–water partition coefficient (Wildman–Crippen LogP) is 3.75. The Morgan fingerprint density at radius 2 is 2.25 bits per heavy atom. The lowest BCUT2D eigenvalue weighted by molar-refractivity contribution is 0.233. The second kappa shape index (κ2) is 4.35. The third kappa shape index (κ3) is 2.15. The van der Waals surface area contributed by atoms with Crippen LogP contribution in [0.3, 0.4) is 0 Å². The Bertz CT molecular complexity index is 430. The molecule has 0 aliphatic heterocycles. The molecule has 16 heavy (non-hydrogen) atoms. The van der Waals surface area contributed by atoms with Crippen molar-refractivity contribution in [2.24, 2.45) is 5.41 Å². The lowest BCUT2D eigenvalue weighted by Crippen LogP contribution is -2.35. The fraction of sp³-hybridized carbons (Fsp3) is 0.462. The molecule has 0 heterocycles. The Morgan fingerprint density at radius 1 is 1.50 bits per heavy atom. The second-order valence-corrected chi connectivity index (χ2v) is 4.99. The third-order valence-electron chi connectivity index (χ3n) is 3.36. The van der Waals surface area contributed by atoms with E-state index in [0.29, 0.717) is 0 Å². The maximum atomic E-state index is 9.12. The molecule has 2 nitrogen and oxygen atoms in total. The standard InChI is InChI=1S/C13H15ClN2/c1-10-3-4-11(14)7-12(10)16-9-13(8-15)5-2-6-13/h3-4,7,16H,2,5-6,9H2,1H3. The van der Waals surface area contributed by atoms with Gasteiger partial charge in [0.25, 0.3) is 0 Å². The summed E-state index contributed by atoms with van der Waals surface area (Å²) in [6.45, 7) is 2.77. The van der Waals surface area contributed by atoms with Gasteiger partial charge in [0.2, 0.25) is 0 Å². The van der Waals surface area contributed by atoms with Crippen molar-refractivity contribution in [1.82, 2.24) is 0 Å². The van der Waals surface area contributed by atoms with Crippen molar-refractivity contribution >= 4 is 17.3 Å². The Kier molecular flexibility index (Phi) is 3.07.